The first-order chi connectivity index (χ1) is 12.4. The van der Waals surface area contributed by atoms with Crippen LogP contribution in [0.25, 0.3) is 22.3 Å². The van der Waals surface area contributed by atoms with Crippen LogP contribution in [0.15, 0.2) is 66.7 Å². The molecule has 3 rings (SSSR count). The van der Waals surface area contributed by atoms with Crippen LogP contribution in [0.2, 0.25) is 0 Å². The van der Waals surface area contributed by atoms with Crippen molar-refractivity contribution in [3.63, 3.8) is 0 Å². The van der Waals surface area contributed by atoms with Crippen LogP contribution in [-0.4, -0.2) is 14.2 Å². The molecule has 0 saturated heterocycles. The van der Waals surface area contributed by atoms with Gasteiger partial charge in [0.2, 0.25) is 0 Å². The molecule has 0 aliphatic heterocycles. The van der Waals surface area contributed by atoms with Gasteiger partial charge in [0.1, 0.15) is 11.5 Å². The predicted octanol–water partition coefficient (Wildman–Crippen LogP) is 6.34. The van der Waals surface area contributed by atoms with Crippen LogP contribution < -0.4 is 9.47 Å². The van der Waals surface area contributed by atoms with Crippen molar-refractivity contribution in [1.82, 2.24) is 0 Å². The first kappa shape index (κ1) is 18.1. The maximum Gasteiger partial charge on any atom is 0.118 e. The van der Waals surface area contributed by atoms with Crippen molar-refractivity contribution in [3.8, 4) is 33.8 Å². The highest BCUT2D eigenvalue weighted by atomic mass is 16.5. The lowest BCUT2D eigenvalue weighted by atomic mass is 9.83. The molecule has 0 unspecified atom stereocenters. The summed E-state index contributed by atoms with van der Waals surface area (Å²) in [5.41, 5.74) is 6.19. The summed E-state index contributed by atoms with van der Waals surface area (Å²) in [5, 5.41) is 0. The number of hydrogen-bond acceptors (Lipinski definition) is 2. The van der Waals surface area contributed by atoms with E-state index in [1.807, 2.05) is 24.3 Å². The molecule has 0 aliphatic rings. The molecule has 0 radical (unpaired) electrons. The van der Waals surface area contributed by atoms with Gasteiger partial charge in [0, 0.05) is 0 Å². The van der Waals surface area contributed by atoms with E-state index in [0.717, 1.165) is 11.5 Å². The Hall–Kier alpha value is -2.74. The Labute approximate surface area is 156 Å². The molecule has 0 heterocycles. The average molecular weight is 346 g/mol. The molecule has 0 aromatic heterocycles. The first-order valence-corrected chi connectivity index (χ1v) is 8.85. The topological polar surface area (TPSA) is 18.5 Å². The highest BCUT2D eigenvalue weighted by molar-refractivity contribution is 5.75. The summed E-state index contributed by atoms with van der Waals surface area (Å²) in [5.74, 6) is 1.74. The number of benzene rings is 3. The molecule has 0 aliphatic carbocycles. The number of hydrogen-bond donors (Lipinski definition) is 0. The van der Waals surface area contributed by atoms with Crippen LogP contribution in [0.5, 0.6) is 11.5 Å². The molecule has 3 aromatic rings. The third-order valence-electron chi connectivity index (χ3n) is 4.65. The van der Waals surface area contributed by atoms with Crippen molar-refractivity contribution in [2.45, 2.75) is 26.2 Å². The molecule has 0 N–H and O–H groups in total. The second kappa shape index (κ2) is 7.25. The lowest BCUT2D eigenvalue weighted by Gasteiger charge is -2.22. The SMILES string of the molecule is COc1ccc(-c2cc(-c3ccc(OC)cc3)cc(C(C)(C)C)c2)cc1. The van der Waals surface area contributed by atoms with Crippen LogP contribution in [0.4, 0.5) is 0 Å². The zero-order chi connectivity index (χ0) is 18.7. The van der Waals surface area contributed by atoms with Crippen molar-refractivity contribution in [2.75, 3.05) is 14.2 Å². The summed E-state index contributed by atoms with van der Waals surface area (Å²) >= 11 is 0. The van der Waals surface area contributed by atoms with E-state index in [1.165, 1.54) is 27.8 Å². The fourth-order valence-corrected chi connectivity index (χ4v) is 2.96. The van der Waals surface area contributed by atoms with Crippen molar-refractivity contribution in [2.24, 2.45) is 0 Å². The molecule has 0 atom stereocenters. The van der Waals surface area contributed by atoms with Gasteiger partial charge in [0.05, 0.1) is 14.2 Å². The van der Waals surface area contributed by atoms with Crippen LogP contribution in [0.1, 0.15) is 26.3 Å². The summed E-state index contributed by atoms with van der Waals surface area (Å²) in [6, 6.07) is 23.3. The van der Waals surface area contributed by atoms with Crippen LogP contribution >= 0.6 is 0 Å². The molecule has 3 aromatic carbocycles. The smallest absolute Gasteiger partial charge is 0.118 e. The second-order valence-electron chi connectivity index (χ2n) is 7.51. The Morgan fingerprint density at radius 2 is 0.923 bits per heavy atom. The van der Waals surface area contributed by atoms with Gasteiger partial charge < -0.3 is 9.47 Å². The second-order valence-corrected chi connectivity index (χ2v) is 7.51. The summed E-state index contributed by atoms with van der Waals surface area (Å²) < 4.78 is 10.6. The summed E-state index contributed by atoms with van der Waals surface area (Å²) in [7, 11) is 3.38. The third kappa shape index (κ3) is 3.91. The molecule has 2 heteroatoms. The van der Waals surface area contributed by atoms with Crippen molar-refractivity contribution in [3.05, 3.63) is 72.3 Å². The van der Waals surface area contributed by atoms with Gasteiger partial charge in [-0.2, -0.15) is 0 Å². The number of methoxy groups -OCH3 is 2. The molecule has 26 heavy (non-hydrogen) atoms. The average Bonchev–Trinajstić information content (AvgIpc) is 2.67. The summed E-state index contributed by atoms with van der Waals surface area (Å²) in [6.07, 6.45) is 0. The maximum atomic E-state index is 5.29. The Morgan fingerprint density at radius 3 is 1.23 bits per heavy atom. The van der Waals surface area contributed by atoms with E-state index in [1.54, 1.807) is 14.2 Å². The Balaban J connectivity index is 2.11. The molecule has 0 fully saturated rings. The first-order valence-electron chi connectivity index (χ1n) is 8.85. The Bertz CT molecular complexity index is 804. The minimum absolute atomic E-state index is 0.0731. The van der Waals surface area contributed by atoms with Crippen LogP contribution in [0.3, 0.4) is 0 Å². The van der Waals surface area contributed by atoms with Gasteiger partial charge in [-0.25, -0.2) is 0 Å². The monoisotopic (exact) mass is 346 g/mol. The quantitative estimate of drug-likeness (QED) is 0.549. The lowest BCUT2D eigenvalue weighted by Crippen LogP contribution is -2.11. The van der Waals surface area contributed by atoms with Gasteiger partial charge >= 0.3 is 0 Å². The normalized spacial score (nSPS) is 11.3. The van der Waals surface area contributed by atoms with E-state index >= 15 is 0 Å². The van der Waals surface area contributed by atoms with Gasteiger partial charge in [-0.15, -0.1) is 0 Å². The molecule has 0 amide bonds. The minimum atomic E-state index is 0.0731. The van der Waals surface area contributed by atoms with Crippen LogP contribution in [-0.2, 0) is 5.41 Å². The predicted molar refractivity (Wildman–Crippen MR) is 109 cm³/mol. The zero-order valence-corrected chi connectivity index (χ0v) is 16.2. The number of ether oxygens (including phenoxy) is 2. The van der Waals surface area contributed by atoms with Crippen molar-refractivity contribution >= 4 is 0 Å². The lowest BCUT2D eigenvalue weighted by molar-refractivity contribution is 0.415. The van der Waals surface area contributed by atoms with Crippen LogP contribution in [0, 0.1) is 0 Å². The van der Waals surface area contributed by atoms with E-state index in [-0.39, 0.29) is 5.41 Å². The minimum Gasteiger partial charge on any atom is -0.497 e. The summed E-state index contributed by atoms with van der Waals surface area (Å²) in [6.45, 7) is 6.74. The molecule has 0 saturated carbocycles. The van der Waals surface area contributed by atoms with Gasteiger partial charge in [-0.3, -0.25) is 0 Å². The van der Waals surface area contributed by atoms with Crippen molar-refractivity contribution < 1.29 is 9.47 Å². The van der Waals surface area contributed by atoms with E-state index in [4.69, 9.17) is 9.47 Å². The summed E-state index contributed by atoms with van der Waals surface area (Å²) in [4.78, 5) is 0. The van der Waals surface area contributed by atoms with E-state index in [0.29, 0.717) is 0 Å². The van der Waals surface area contributed by atoms with Crippen molar-refractivity contribution in [1.29, 1.82) is 0 Å². The Kier molecular flexibility index (Phi) is 5.03. The largest absolute Gasteiger partial charge is 0.497 e. The van der Waals surface area contributed by atoms with Gasteiger partial charge in [0.25, 0.3) is 0 Å². The number of rotatable bonds is 4. The van der Waals surface area contributed by atoms with E-state index < -0.39 is 0 Å². The maximum absolute atomic E-state index is 5.29. The van der Waals surface area contributed by atoms with Gasteiger partial charge in [-0.1, -0.05) is 57.2 Å². The van der Waals surface area contributed by atoms with E-state index in [9.17, 15) is 0 Å². The van der Waals surface area contributed by atoms with Gasteiger partial charge in [0.15, 0.2) is 0 Å². The Morgan fingerprint density at radius 1 is 0.538 bits per heavy atom. The highest BCUT2D eigenvalue weighted by Crippen LogP contribution is 2.34. The molecule has 2 nitrogen and oxygen atoms in total. The highest BCUT2D eigenvalue weighted by Gasteiger charge is 2.16. The van der Waals surface area contributed by atoms with Gasteiger partial charge in [-0.05, 0) is 63.6 Å². The zero-order valence-electron chi connectivity index (χ0n) is 16.2. The molecular weight excluding hydrogens is 320 g/mol. The molecule has 134 valence electrons. The fraction of sp³-hybridized carbons (Fsp3) is 0.250. The molecular formula is C24H26O2. The fourth-order valence-electron chi connectivity index (χ4n) is 2.96. The third-order valence-corrected chi connectivity index (χ3v) is 4.65. The van der Waals surface area contributed by atoms with E-state index in [2.05, 4.69) is 63.2 Å². The molecule has 0 bridgehead atoms. The molecule has 0 spiro atoms. The standard InChI is InChI=1S/C24H26O2/c1-24(2,3)21-15-19(17-6-10-22(25-4)11-7-17)14-20(16-21)18-8-12-23(26-5)13-9-18/h6-16H,1-5H3.